The van der Waals surface area contributed by atoms with Gasteiger partial charge in [-0.25, -0.2) is 9.59 Å². The highest BCUT2D eigenvalue weighted by molar-refractivity contribution is 5.91. The van der Waals surface area contributed by atoms with Gasteiger partial charge in [0.25, 0.3) is 5.56 Å². The number of nitrogens with one attached hydrogen (secondary N) is 1. The van der Waals surface area contributed by atoms with E-state index in [2.05, 4.69) is 5.32 Å². The van der Waals surface area contributed by atoms with Gasteiger partial charge in [-0.3, -0.25) is 19.2 Å². The van der Waals surface area contributed by atoms with Crippen molar-refractivity contribution in [1.82, 2.24) is 14.0 Å². The first-order valence-corrected chi connectivity index (χ1v) is 4.81. The molecule has 0 radical (unpaired) electrons. The van der Waals surface area contributed by atoms with E-state index in [1.807, 2.05) is 0 Å². The van der Waals surface area contributed by atoms with E-state index in [4.69, 9.17) is 5.73 Å². The van der Waals surface area contributed by atoms with Crippen molar-refractivity contribution in [1.29, 1.82) is 0 Å². The molecule has 94 valence electrons. The molecule has 0 aliphatic rings. The van der Waals surface area contributed by atoms with Crippen LogP contribution in [0.5, 0.6) is 0 Å². The van der Waals surface area contributed by atoms with Gasteiger partial charge in [-0.05, 0) is 0 Å². The summed E-state index contributed by atoms with van der Waals surface area (Å²) in [7, 11) is 5.79. The van der Waals surface area contributed by atoms with Gasteiger partial charge < -0.3 is 10.6 Å². The van der Waals surface area contributed by atoms with Gasteiger partial charge in [0, 0.05) is 28.2 Å². The molecule has 8 nitrogen and oxygen atoms in total. The van der Waals surface area contributed by atoms with Gasteiger partial charge in [0.1, 0.15) is 11.5 Å². The zero-order valence-corrected chi connectivity index (χ0v) is 10.1. The second-order valence-electron chi connectivity index (χ2n) is 3.79. The van der Waals surface area contributed by atoms with Gasteiger partial charge in [-0.15, -0.1) is 0 Å². The number of nitrogens with two attached hydrogens (primary N) is 1. The number of aromatic nitrogens is 2. The van der Waals surface area contributed by atoms with E-state index < -0.39 is 17.3 Å². The van der Waals surface area contributed by atoms with Crippen LogP contribution < -0.4 is 22.3 Å². The van der Waals surface area contributed by atoms with Gasteiger partial charge >= 0.3 is 11.7 Å². The normalized spacial score (nSPS) is 10.1. The smallest absolute Gasteiger partial charge is 0.332 e. The molecule has 0 saturated carbocycles. The summed E-state index contributed by atoms with van der Waals surface area (Å²) in [6.45, 7) is 0. The molecule has 3 N–H and O–H groups in total. The molecular weight excluding hydrogens is 226 g/mol. The highest BCUT2D eigenvalue weighted by Gasteiger charge is 2.16. The van der Waals surface area contributed by atoms with Crippen LogP contribution in [0.25, 0.3) is 0 Å². The number of hydrogen-bond acceptors (Lipinski definition) is 4. The first kappa shape index (κ1) is 12.8. The van der Waals surface area contributed by atoms with E-state index >= 15 is 0 Å². The fourth-order valence-electron chi connectivity index (χ4n) is 1.20. The minimum absolute atomic E-state index is 0.0756. The zero-order valence-electron chi connectivity index (χ0n) is 10.1. The number of carbonyl (C=O) groups excluding carboxylic acids is 1. The largest absolute Gasteiger partial charge is 0.383 e. The third-order valence-corrected chi connectivity index (χ3v) is 2.35. The Bertz CT molecular complexity index is 569. The summed E-state index contributed by atoms with van der Waals surface area (Å²) in [5.41, 5.74) is 4.33. The van der Waals surface area contributed by atoms with Gasteiger partial charge in [0.2, 0.25) is 0 Å². The van der Waals surface area contributed by atoms with Crippen LogP contribution in [-0.4, -0.2) is 34.2 Å². The zero-order chi connectivity index (χ0) is 13.3. The van der Waals surface area contributed by atoms with Crippen molar-refractivity contribution >= 4 is 17.5 Å². The van der Waals surface area contributed by atoms with Gasteiger partial charge in [0.15, 0.2) is 0 Å². The van der Waals surface area contributed by atoms with Gasteiger partial charge in [-0.1, -0.05) is 0 Å². The van der Waals surface area contributed by atoms with E-state index in [0.29, 0.717) is 0 Å². The molecule has 1 heterocycles. The van der Waals surface area contributed by atoms with Crippen molar-refractivity contribution in [3.8, 4) is 0 Å². The van der Waals surface area contributed by atoms with Gasteiger partial charge in [0.05, 0.1) is 0 Å². The number of carbonyl (C=O) groups is 1. The number of amides is 2. The quantitative estimate of drug-likeness (QED) is 0.642. The van der Waals surface area contributed by atoms with Crippen molar-refractivity contribution in [2.45, 2.75) is 0 Å². The Kier molecular flexibility index (Phi) is 3.26. The van der Waals surface area contributed by atoms with Crippen LogP contribution in [0.15, 0.2) is 9.59 Å². The Balaban J connectivity index is 3.41. The molecule has 1 aromatic heterocycles. The summed E-state index contributed by atoms with van der Waals surface area (Å²) in [5, 5.41) is 2.36. The maximum atomic E-state index is 11.8. The molecule has 0 spiro atoms. The summed E-state index contributed by atoms with van der Waals surface area (Å²) in [6.07, 6.45) is 0. The van der Waals surface area contributed by atoms with Crippen molar-refractivity contribution in [3.63, 3.8) is 0 Å². The summed E-state index contributed by atoms with van der Waals surface area (Å²) >= 11 is 0. The standard InChI is InChI=1S/C9H15N5O3/c1-12(2)8(16)11-5-6(10)13(3)9(17)14(4)7(5)15/h10H2,1-4H3,(H,11,16). The molecule has 0 aromatic carbocycles. The number of rotatable bonds is 1. The number of urea groups is 1. The Morgan fingerprint density at radius 2 is 1.76 bits per heavy atom. The molecule has 0 fully saturated rings. The molecule has 0 aliphatic carbocycles. The second-order valence-corrected chi connectivity index (χ2v) is 3.79. The van der Waals surface area contributed by atoms with Crippen molar-refractivity contribution in [2.24, 2.45) is 14.1 Å². The van der Waals surface area contributed by atoms with E-state index in [1.54, 1.807) is 0 Å². The van der Waals surface area contributed by atoms with E-state index in [-0.39, 0.29) is 11.5 Å². The van der Waals surface area contributed by atoms with Crippen molar-refractivity contribution in [3.05, 3.63) is 20.8 Å². The Morgan fingerprint density at radius 1 is 1.24 bits per heavy atom. The average molecular weight is 241 g/mol. The molecule has 0 atom stereocenters. The Labute approximate surface area is 97.2 Å². The van der Waals surface area contributed by atoms with Crippen LogP contribution in [0, 0.1) is 0 Å². The predicted octanol–water partition coefficient (Wildman–Crippen LogP) is -1.24. The van der Waals surface area contributed by atoms with Crippen LogP contribution in [0.1, 0.15) is 0 Å². The number of nitrogen functional groups attached to an aromatic ring is 1. The highest BCUT2D eigenvalue weighted by Crippen LogP contribution is 2.09. The molecule has 1 aromatic rings. The first-order valence-electron chi connectivity index (χ1n) is 4.81. The minimum Gasteiger partial charge on any atom is -0.383 e. The molecule has 0 bridgehead atoms. The number of anilines is 2. The highest BCUT2D eigenvalue weighted by atomic mass is 16.2. The van der Waals surface area contributed by atoms with Crippen molar-refractivity contribution < 1.29 is 4.79 Å². The topological polar surface area (TPSA) is 102 Å². The lowest BCUT2D eigenvalue weighted by atomic mass is 10.4. The van der Waals surface area contributed by atoms with E-state index in [1.165, 1.54) is 33.1 Å². The molecule has 8 heteroatoms. The average Bonchev–Trinajstić information content (AvgIpc) is 2.29. The number of hydrogen-bond donors (Lipinski definition) is 2. The lowest BCUT2D eigenvalue weighted by Gasteiger charge is -2.15. The summed E-state index contributed by atoms with van der Waals surface area (Å²) in [4.78, 5) is 36.0. The molecule has 1 rings (SSSR count). The van der Waals surface area contributed by atoms with Crippen LogP contribution in [0.2, 0.25) is 0 Å². The SMILES string of the molecule is CN(C)C(=O)Nc1c(N)n(C)c(=O)n(C)c1=O. The Hall–Kier alpha value is -2.25. The van der Waals surface area contributed by atoms with Crippen LogP contribution >= 0.6 is 0 Å². The second kappa shape index (κ2) is 4.32. The van der Waals surface area contributed by atoms with Crippen LogP contribution in [0.3, 0.4) is 0 Å². The van der Waals surface area contributed by atoms with E-state index in [9.17, 15) is 14.4 Å². The fourth-order valence-corrected chi connectivity index (χ4v) is 1.20. The summed E-state index contributed by atoms with van der Waals surface area (Å²) < 4.78 is 1.97. The predicted molar refractivity (Wildman–Crippen MR) is 64.0 cm³/mol. The molecule has 2 amide bonds. The van der Waals surface area contributed by atoms with Gasteiger partial charge in [-0.2, -0.15) is 0 Å². The molecule has 0 aliphatic heterocycles. The minimum atomic E-state index is -0.638. The molecular formula is C9H15N5O3. The van der Waals surface area contributed by atoms with Crippen LogP contribution in [0.4, 0.5) is 16.3 Å². The lowest BCUT2D eigenvalue weighted by molar-refractivity contribution is 0.230. The third-order valence-electron chi connectivity index (χ3n) is 2.35. The monoisotopic (exact) mass is 241 g/mol. The molecule has 0 unspecified atom stereocenters. The van der Waals surface area contributed by atoms with Crippen LogP contribution in [-0.2, 0) is 14.1 Å². The molecule has 0 saturated heterocycles. The van der Waals surface area contributed by atoms with E-state index in [0.717, 1.165) is 9.13 Å². The maximum absolute atomic E-state index is 11.8. The number of nitrogens with zero attached hydrogens (tertiary/aromatic N) is 3. The summed E-state index contributed by atoms with van der Waals surface area (Å²) in [6, 6.07) is -0.493. The molecule has 17 heavy (non-hydrogen) atoms. The first-order chi connectivity index (χ1) is 7.77. The third kappa shape index (κ3) is 2.14. The van der Waals surface area contributed by atoms with Crippen molar-refractivity contribution in [2.75, 3.05) is 25.1 Å². The maximum Gasteiger partial charge on any atom is 0.332 e. The summed E-state index contributed by atoms with van der Waals surface area (Å²) in [5.74, 6) is -0.0756. The lowest BCUT2D eigenvalue weighted by Crippen LogP contribution is -2.41. The fraction of sp³-hybridized carbons (Fsp3) is 0.444. The Morgan fingerprint density at radius 3 is 2.24 bits per heavy atom.